The Kier molecular flexibility index (Phi) is 4.04. The minimum absolute atomic E-state index is 0.226. The molecule has 0 aromatic carbocycles. The predicted octanol–water partition coefficient (Wildman–Crippen LogP) is 1.75. The minimum Gasteiger partial charge on any atom is -0.469 e. The van der Waals surface area contributed by atoms with E-state index >= 15 is 0 Å². The average Bonchev–Trinajstić information content (AvgIpc) is 2.30. The van der Waals surface area contributed by atoms with Crippen molar-refractivity contribution in [3.05, 3.63) is 28.8 Å². The summed E-state index contributed by atoms with van der Waals surface area (Å²) < 4.78 is 42.5. The fraction of sp³-hybridized carbons (Fsp3) is 0.300. The minimum atomic E-state index is -3.15. The van der Waals surface area contributed by atoms with E-state index in [4.69, 9.17) is 5.26 Å². The number of nitriles is 1. The zero-order valence-electron chi connectivity index (χ0n) is 8.71. The molecule has 1 rings (SSSR count). The monoisotopic (exact) mass is 244 g/mol. The molecule has 0 N–H and O–H groups in total. The van der Waals surface area contributed by atoms with E-state index in [9.17, 15) is 18.0 Å². The zero-order chi connectivity index (χ0) is 13.0. The van der Waals surface area contributed by atoms with Crippen molar-refractivity contribution < 1.29 is 22.7 Å². The summed E-state index contributed by atoms with van der Waals surface area (Å²) in [6.45, 7) is 0. The smallest absolute Gasteiger partial charge is 0.311 e. The summed E-state index contributed by atoms with van der Waals surface area (Å²) in [4.78, 5) is 14.4. The topological polar surface area (TPSA) is 63.0 Å². The number of pyridine rings is 1. The molecule has 0 aliphatic heterocycles. The molecule has 1 aromatic heterocycles. The highest BCUT2D eigenvalue weighted by Gasteiger charge is 2.23. The zero-order valence-corrected chi connectivity index (χ0v) is 8.71. The van der Waals surface area contributed by atoms with Crippen molar-refractivity contribution in [3.8, 4) is 6.07 Å². The van der Waals surface area contributed by atoms with Crippen molar-refractivity contribution in [1.29, 1.82) is 5.26 Å². The number of ether oxygens (including phenoxy) is 1. The van der Waals surface area contributed by atoms with Crippen molar-refractivity contribution in [2.45, 2.75) is 12.8 Å². The summed E-state index contributed by atoms with van der Waals surface area (Å²) in [5, 5.41) is 8.72. The van der Waals surface area contributed by atoms with Gasteiger partial charge in [-0.1, -0.05) is 0 Å². The maximum absolute atomic E-state index is 13.1. The Morgan fingerprint density at radius 2 is 2.29 bits per heavy atom. The van der Waals surface area contributed by atoms with Crippen molar-refractivity contribution >= 4 is 5.97 Å². The number of hydrogen-bond acceptors (Lipinski definition) is 4. The summed E-state index contributed by atoms with van der Waals surface area (Å²) in [6.07, 6.45) is -3.05. The molecular formula is C10H7F3N2O2. The number of methoxy groups -OCH3 is 1. The van der Waals surface area contributed by atoms with Crippen molar-refractivity contribution in [3.63, 3.8) is 0 Å². The number of carbonyl (C=O) groups is 1. The van der Waals surface area contributed by atoms with Crippen LogP contribution in [0.4, 0.5) is 13.2 Å². The molecule has 0 saturated carbocycles. The standard InChI is InChI=1S/C10H7F3N2O2/c1-17-8(16)2-7-5(3-14)9(10(12)13)6(11)4-15-7/h4,10H,2H2,1H3. The van der Waals surface area contributed by atoms with Crippen LogP contribution in [-0.4, -0.2) is 18.1 Å². The van der Waals surface area contributed by atoms with E-state index in [2.05, 4.69) is 9.72 Å². The summed E-state index contributed by atoms with van der Waals surface area (Å²) >= 11 is 0. The first-order valence-corrected chi connectivity index (χ1v) is 4.43. The van der Waals surface area contributed by atoms with Crippen molar-refractivity contribution in [2.75, 3.05) is 7.11 Å². The van der Waals surface area contributed by atoms with Crippen LogP contribution in [-0.2, 0) is 16.0 Å². The molecule has 4 nitrogen and oxygen atoms in total. The van der Waals surface area contributed by atoms with Gasteiger partial charge in [-0.15, -0.1) is 0 Å². The predicted molar refractivity (Wildman–Crippen MR) is 49.6 cm³/mol. The lowest BCUT2D eigenvalue weighted by Gasteiger charge is -2.08. The van der Waals surface area contributed by atoms with Gasteiger partial charge in [0, 0.05) is 0 Å². The van der Waals surface area contributed by atoms with Crippen LogP contribution < -0.4 is 0 Å². The van der Waals surface area contributed by atoms with Crippen LogP contribution >= 0.6 is 0 Å². The Morgan fingerprint density at radius 1 is 1.65 bits per heavy atom. The van der Waals surface area contributed by atoms with Gasteiger partial charge in [0.25, 0.3) is 6.43 Å². The summed E-state index contributed by atoms with van der Waals surface area (Å²) in [7, 11) is 1.10. The van der Waals surface area contributed by atoms with Crippen LogP contribution in [0.15, 0.2) is 6.20 Å². The van der Waals surface area contributed by atoms with Crippen molar-refractivity contribution in [1.82, 2.24) is 4.98 Å². The maximum Gasteiger partial charge on any atom is 0.311 e. The number of esters is 1. The third-order valence-corrected chi connectivity index (χ3v) is 2.02. The summed E-state index contributed by atoms with van der Waals surface area (Å²) in [5.41, 5.74) is -1.89. The number of nitrogens with zero attached hydrogens (tertiary/aromatic N) is 2. The molecule has 1 heterocycles. The lowest BCUT2D eigenvalue weighted by atomic mass is 10.1. The van der Waals surface area contributed by atoms with E-state index in [0.717, 1.165) is 7.11 Å². The molecule has 7 heteroatoms. The van der Waals surface area contributed by atoms with Gasteiger partial charge in [-0.3, -0.25) is 9.78 Å². The summed E-state index contributed by atoms with van der Waals surface area (Å²) in [5.74, 6) is -2.02. The molecular weight excluding hydrogens is 237 g/mol. The third kappa shape index (κ3) is 2.72. The molecule has 0 amide bonds. The van der Waals surface area contributed by atoms with E-state index in [1.807, 2.05) is 0 Å². The highest BCUT2D eigenvalue weighted by molar-refractivity contribution is 5.73. The Bertz CT molecular complexity index is 483. The fourth-order valence-corrected chi connectivity index (χ4v) is 1.22. The van der Waals surface area contributed by atoms with Gasteiger partial charge in [0.05, 0.1) is 36.5 Å². The van der Waals surface area contributed by atoms with E-state index in [1.165, 1.54) is 6.07 Å². The second-order valence-corrected chi connectivity index (χ2v) is 3.01. The van der Waals surface area contributed by atoms with Gasteiger partial charge in [0.15, 0.2) is 5.82 Å². The molecule has 0 bridgehead atoms. The number of hydrogen-bond donors (Lipinski definition) is 0. The normalized spacial score (nSPS) is 10.1. The molecule has 0 saturated heterocycles. The van der Waals surface area contributed by atoms with E-state index in [-0.39, 0.29) is 5.69 Å². The lowest BCUT2D eigenvalue weighted by Crippen LogP contribution is -2.11. The Hall–Kier alpha value is -2.10. The molecule has 0 aliphatic carbocycles. The van der Waals surface area contributed by atoms with E-state index in [1.54, 1.807) is 0 Å². The van der Waals surface area contributed by atoms with Crippen LogP contribution in [0.5, 0.6) is 0 Å². The molecule has 0 atom stereocenters. The number of aromatic nitrogens is 1. The SMILES string of the molecule is COC(=O)Cc1ncc(F)c(C(F)F)c1C#N. The molecule has 17 heavy (non-hydrogen) atoms. The summed E-state index contributed by atoms with van der Waals surface area (Å²) in [6, 6.07) is 1.43. The first kappa shape index (κ1) is 13.0. The van der Waals surface area contributed by atoms with Crippen LogP contribution in [0.1, 0.15) is 23.2 Å². The van der Waals surface area contributed by atoms with Crippen LogP contribution in [0.25, 0.3) is 0 Å². The average molecular weight is 244 g/mol. The number of alkyl halides is 2. The molecule has 0 fully saturated rings. The first-order chi connectivity index (χ1) is 8.01. The van der Waals surface area contributed by atoms with Crippen LogP contribution in [0, 0.1) is 17.1 Å². The molecule has 0 radical (unpaired) electrons. The van der Waals surface area contributed by atoms with Crippen LogP contribution in [0.3, 0.4) is 0 Å². The number of carbonyl (C=O) groups excluding carboxylic acids is 1. The molecule has 0 spiro atoms. The van der Waals surface area contributed by atoms with Gasteiger partial charge >= 0.3 is 5.97 Å². The van der Waals surface area contributed by atoms with Gasteiger partial charge in [-0.05, 0) is 0 Å². The van der Waals surface area contributed by atoms with Gasteiger partial charge in [-0.25, -0.2) is 13.2 Å². The maximum atomic E-state index is 13.1. The Balaban J connectivity index is 3.29. The first-order valence-electron chi connectivity index (χ1n) is 4.43. The second-order valence-electron chi connectivity index (χ2n) is 3.01. The third-order valence-electron chi connectivity index (χ3n) is 2.02. The van der Waals surface area contributed by atoms with Gasteiger partial charge in [0.1, 0.15) is 6.07 Å². The fourth-order valence-electron chi connectivity index (χ4n) is 1.22. The Morgan fingerprint density at radius 3 is 2.76 bits per heavy atom. The second kappa shape index (κ2) is 5.30. The number of halogens is 3. The molecule has 1 aromatic rings. The molecule has 0 unspecified atom stereocenters. The van der Waals surface area contributed by atoms with Crippen molar-refractivity contribution in [2.24, 2.45) is 0 Å². The molecule has 90 valence electrons. The van der Waals surface area contributed by atoms with E-state index in [0.29, 0.717) is 6.20 Å². The largest absolute Gasteiger partial charge is 0.469 e. The lowest BCUT2D eigenvalue weighted by molar-refractivity contribution is -0.139. The van der Waals surface area contributed by atoms with E-state index < -0.39 is 35.8 Å². The quantitative estimate of drug-likeness (QED) is 0.760. The number of rotatable bonds is 3. The van der Waals surface area contributed by atoms with Gasteiger partial charge in [0.2, 0.25) is 0 Å². The highest BCUT2D eigenvalue weighted by Crippen LogP contribution is 2.26. The molecule has 0 aliphatic rings. The van der Waals surface area contributed by atoms with Gasteiger partial charge < -0.3 is 4.74 Å². The highest BCUT2D eigenvalue weighted by atomic mass is 19.3. The Labute approximate surface area is 94.6 Å². The van der Waals surface area contributed by atoms with Crippen LogP contribution in [0.2, 0.25) is 0 Å². The van der Waals surface area contributed by atoms with Gasteiger partial charge in [-0.2, -0.15) is 5.26 Å².